The first-order valence-electron chi connectivity index (χ1n) is 19.4. The standard InChI is InChI=1S/C53H36N4/c1-35-31-37(36-13-4-2-5-14-36)23-26-43(35)40-15-12-16-41(32-40)48-29-30-54-53(55-48)57-50-22-11-9-20-45(50)47-33-38(25-28-51(47)57)39-24-27-46-44-19-8-10-21-49(44)56(52(46)34-39)42-17-6-3-7-18-42/h2-34H,1H3. The lowest BCUT2D eigenvalue weighted by Crippen LogP contribution is -2.01. The highest BCUT2D eigenvalue weighted by atomic mass is 15.2. The van der Waals surface area contributed by atoms with Crippen molar-refractivity contribution in [3.05, 3.63) is 206 Å². The number of hydrogen-bond acceptors (Lipinski definition) is 2. The fraction of sp³-hybridized carbons (Fsp3) is 0.0189. The number of aromatic nitrogens is 4. The highest BCUT2D eigenvalue weighted by Crippen LogP contribution is 2.38. The van der Waals surface area contributed by atoms with E-state index in [4.69, 9.17) is 9.97 Å². The second-order valence-corrected chi connectivity index (χ2v) is 14.7. The SMILES string of the molecule is Cc1cc(-c2ccccc2)ccc1-c1cccc(-c2ccnc(-n3c4ccccc4c4cc(-c5ccc6c7ccccc7n(-c7ccccc7)c6c5)ccc43)n2)c1. The molecule has 0 bridgehead atoms. The van der Waals surface area contributed by atoms with E-state index in [0.717, 1.165) is 44.5 Å². The van der Waals surface area contributed by atoms with Crippen molar-refractivity contribution in [1.29, 1.82) is 0 Å². The average Bonchev–Trinajstić information content (AvgIpc) is 3.79. The molecule has 11 rings (SSSR count). The van der Waals surface area contributed by atoms with Crippen LogP contribution in [0.4, 0.5) is 0 Å². The molecule has 0 N–H and O–H groups in total. The summed E-state index contributed by atoms with van der Waals surface area (Å²) in [6, 6.07) is 69.5. The lowest BCUT2D eigenvalue weighted by atomic mass is 9.94. The summed E-state index contributed by atoms with van der Waals surface area (Å²) in [5.74, 6) is 0.647. The normalized spacial score (nSPS) is 11.6. The molecule has 8 aromatic carbocycles. The van der Waals surface area contributed by atoms with Crippen molar-refractivity contribution in [2.24, 2.45) is 0 Å². The zero-order chi connectivity index (χ0) is 37.9. The fourth-order valence-electron chi connectivity index (χ4n) is 8.63. The number of para-hydroxylation sites is 3. The highest BCUT2D eigenvalue weighted by molar-refractivity contribution is 6.12. The van der Waals surface area contributed by atoms with E-state index in [1.807, 2.05) is 12.3 Å². The van der Waals surface area contributed by atoms with E-state index in [0.29, 0.717) is 5.95 Å². The molecule has 0 aliphatic heterocycles. The summed E-state index contributed by atoms with van der Waals surface area (Å²) >= 11 is 0. The summed E-state index contributed by atoms with van der Waals surface area (Å²) in [5, 5.41) is 4.83. The van der Waals surface area contributed by atoms with Gasteiger partial charge in [0.25, 0.3) is 0 Å². The highest BCUT2D eigenvalue weighted by Gasteiger charge is 2.18. The third kappa shape index (κ3) is 5.53. The van der Waals surface area contributed by atoms with Gasteiger partial charge in [0.1, 0.15) is 0 Å². The Balaban J connectivity index is 0.996. The van der Waals surface area contributed by atoms with Crippen molar-refractivity contribution in [2.75, 3.05) is 0 Å². The quantitative estimate of drug-likeness (QED) is 0.171. The van der Waals surface area contributed by atoms with Gasteiger partial charge in [-0.2, -0.15) is 0 Å². The van der Waals surface area contributed by atoms with Crippen molar-refractivity contribution in [3.63, 3.8) is 0 Å². The van der Waals surface area contributed by atoms with Crippen LogP contribution in [-0.4, -0.2) is 19.1 Å². The van der Waals surface area contributed by atoms with Gasteiger partial charge in [0.2, 0.25) is 5.95 Å². The van der Waals surface area contributed by atoms with Gasteiger partial charge in [-0.1, -0.05) is 140 Å². The Kier molecular flexibility index (Phi) is 7.68. The molecule has 0 aliphatic rings. The summed E-state index contributed by atoms with van der Waals surface area (Å²) in [5.41, 5.74) is 16.0. The Bertz CT molecular complexity index is 3300. The van der Waals surface area contributed by atoms with E-state index in [1.165, 1.54) is 55.0 Å². The molecule has 0 spiro atoms. The van der Waals surface area contributed by atoms with Crippen molar-refractivity contribution in [2.45, 2.75) is 6.92 Å². The molecule has 268 valence electrons. The second-order valence-electron chi connectivity index (χ2n) is 14.7. The predicted octanol–water partition coefficient (Wildman–Crippen LogP) is 13.6. The molecule has 0 unspecified atom stereocenters. The van der Waals surface area contributed by atoms with Crippen LogP contribution >= 0.6 is 0 Å². The molecule has 0 atom stereocenters. The van der Waals surface area contributed by atoms with E-state index in [9.17, 15) is 0 Å². The number of nitrogens with zero attached hydrogens (tertiary/aromatic N) is 4. The Morgan fingerprint density at radius 1 is 0.368 bits per heavy atom. The fourth-order valence-corrected chi connectivity index (χ4v) is 8.63. The lowest BCUT2D eigenvalue weighted by molar-refractivity contribution is 0.992. The third-order valence-corrected chi connectivity index (χ3v) is 11.3. The molecule has 11 aromatic rings. The summed E-state index contributed by atoms with van der Waals surface area (Å²) in [6.07, 6.45) is 1.88. The minimum absolute atomic E-state index is 0.647. The van der Waals surface area contributed by atoms with E-state index in [2.05, 4.69) is 204 Å². The van der Waals surface area contributed by atoms with Gasteiger partial charge in [0.15, 0.2) is 0 Å². The first-order chi connectivity index (χ1) is 28.2. The van der Waals surface area contributed by atoms with Crippen LogP contribution in [0.2, 0.25) is 0 Å². The first kappa shape index (κ1) is 32.8. The average molecular weight is 729 g/mol. The summed E-state index contributed by atoms with van der Waals surface area (Å²) in [6.45, 7) is 2.19. The molecule has 0 aliphatic carbocycles. The molecular formula is C53H36N4. The van der Waals surface area contributed by atoms with Crippen LogP contribution in [0.15, 0.2) is 200 Å². The zero-order valence-corrected chi connectivity index (χ0v) is 31.3. The maximum atomic E-state index is 5.22. The van der Waals surface area contributed by atoms with Crippen LogP contribution in [0.1, 0.15) is 5.56 Å². The van der Waals surface area contributed by atoms with Gasteiger partial charge in [-0.3, -0.25) is 4.57 Å². The van der Waals surface area contributed by atoms with Gasteiger partial charge in [-0.15, -0.1) is 0 Å². The molecule has 4 heteroatoms. The largest absolute Gasteiger partial charge is 0.309 e. The molecular weight excluding hydrogens is 693 g/mol. The van der Waals surface area contributed by atoms with Gasteiger partial charge in [-0.05, 0) is 100 Å². The van der Waals surface area contributed by atoms with Crippen molar-refractivity contribution in [3.8, 4) is 56.3 Å². The topological polar surface area (TPSA) is 35.6 Å². The monoisotopic (exact) mass is 728 g/mol. The maximum absolute atomic E-state index is 5.22. The van der Waals surface area contributed by atoms with Crippen molar-refractivity contribution in [1.82, 2.24) is 19.1 Å². The first-order valence-corrected chi connectivity index (χ1v) is 19.4. The Hall–Kier alpha value is -7.56. The molecule has 0 amide bonds. The van der Waals surface area contributed by atoms with Crippen LogP contribution in [0.5, 0.6) is 0 Å². The van der Waals surface area contributed by atoms with Crippen LogP contribution < -0.4 is 0 Å². The van der Waals surface area contributed by atoms with Crippen LogP contribution in [0, 0.1) is 6.92 Å². The second kappa shape index (κ2) is 13.3. The van der Waals surface area contributed by atoms with Gasteiger partial charge in [0.05, 0.1) is 27.8 Å². The number of fused-ring (bicyclic) bond motifs is 6. The van der Waals surface area contributed by atoms with E-state index < -0.39 is 0 Å². The molecule has 3 aromatic heterocycles. The molecule has 3 heterocycles. The number of aryl methyl sites for hydroxylation is 1. The number of rotatable bonds is 6. The van der Waals surface area contributed by atoms with Gasteiger partial charge < -0.3 is 4.57 Å². The maximum Gasteiger partial charge on any atom is 0.235 e. The predicted molar refractivity (Wildman–Crippen MR) is 237 cm³/mol. The summed E-state index contributed by atoms with van der Waals surface area (Å²) < 4.78 is 4.58. The third-order valence-electron chi connectivity index (χ3n) is 11.3. The number of benzene rings is 8. The minimum Gasteiger partial charge on any atom is -0.309 e. The Morgan fingerprint density at radius 2 is 0.965 bits per heavy atom. The molecule has 57 heavy (non-hydrogen) atoms. The smallest absolute Gasteiger partial charge is 0.235 e. The van der Waals surface area contributed by atoms with E-state index >= 15 is 0 Å². The van der Waals surface area contributed by atoms with E-state index in [1.54, 1.807) is 0 Å². The zero-order valence-electron chi connectivity index (χ0n) is 31.3. The summed E-state index contributed by atoms with van der Waals surface area (Å²) in [4.78, 5) is 10.1. The van der Waals surface area contributed by atoms with Gasteiger partial charge >= 0.3 is 0 Å². The van der Waals surface area contributed by atoms with Crippen LogP contribution in [0.25, 0.3) is 99.9 Å². The van der Waals surface area contributed by atoms with Gasteiger partial charge in [-0.25, -0.2) is 9.97 Å². The van der Waals surface area contributed by atoms with Crippen LogP contribution in [-0.2, 0) is 0 Å². The summed E-state index contributed by atoms with van der Waals surface area (Å²) in [7, 11) is 0. The Labute approximate surface area is 330 Å². The molecule has 0 radical (unpaired) electrons. The van der Waals surface area contributed by atoms with Crippen molar-refractivity contribution >= 4 is 43.6 Å². The number of hydrogen-bond donors (Lipinski definition) is 0. The minimum atomic E-state index is 0.647. The lowest BCUT2D eigenvalue weighted by Gasteiger charge is -2.12. The van der Waals surface area contributed by atoms with Crippen molar-refractivity contribution < 1.29 is 0 Å². The molecule has 0 fully saturated rings. The van der Waals surface area contributed by atoms with E-state index in [-0.39, 0.29) is 0 Å². The molecule has 0 saturated carbocycles. The van der Waals surface area contributed by atoms with Crippen LogP contribution in [0.3, 0.4) is 0 Å². The Morgan fingerprint density at radius 3 is 1.77 bits per heavy atom. The molecule has 4 nitrogen and oxygen atoms in total. The molecule has 0 saturated heterocycles. The van der Waals surface area contributed by atoms with Gasteiger partial charge in [0, 0.05) is 39.0 Å².